The van der Waals surface area contributed by atoms with E-state index in [-0.39, 0.29) is 11.7 Å². The minimum atomic E-state index is -0.247. The number of amides is 1. The van der Waals surface area contributed by atoms with Gasteiger partial charge in [0, 0.05) is 24.9 Å². The van der Waals surface area contributed by atoms with Crippen molar-refractivity contribution in [1.82, 2.24) is 14.8 Å². The van der Waals surface area contributed by atoms with E-state index in [1.165, 1.54) is 34.8 Å². The van der Waals surface area contributed by atoms with Crippen LogP contribution in [0.1, 0.15) is 47.7 Å². The molecule has 6 heteroatoms. The molecule has 5 nitrogen and oxygen atoms in total. The van der Waals surface area contributed by atoms with Gasteiger partial charge >= 0.3 is 6.09 Å². The maximum atomic E-state index is 11.7. The first-order valence-electron chi connectivity index (χ1n) is 8.77. The molecular weight excluding hydrogens is 310 g/mol. The van der Waals surface area contributed by atoms with Crippen molar-refractivity contribution in [3.8, 4) is 0 Å². The number of hydrogen-bond acceptors (Lipinski definition) is 5. The number of likely N-dealkylation sites (N-methyl/N-ethyl adjacent to an activating group) is 1. The molecule has 1 amide bonds. The number of likely N-dealkylation sites (tertiary alicyclic amines) is 1. The SMILES string of the molecule is CN1C[C@@]2(CCCN(Cc3nc4c(s3)CCCC4)CC2)OC1=O. The number of ether oxygens (including phenoxy) is 1. The van der Waals surface area contributed by atoms with Crippen molar-refractivity contribution >= 4 is 17.4 Å². The van der Waals surface area contributed by atoms with Crippen LogP contribution in [-0.4, -0.2) is 53.2 Å². The molecule has 0 bridgehead atoms. The maximum absolute atomic E-state index is 11.7. The fraction of sp³-hybridized carbons (Fsp3) is 0.765. The Morgan fingerprint density at radius 1 is 1.22 bits per heavy atom. The second-order valence-corrected chi connectivity index (χ2v) is 8.39. The molecule has 1 aromatic heterocycles. The van der Waals surface area contributed by atoms with E-state index in [0.29, 0.717) is 0 Å². The molecular formula is C17H25N3O2S. The van der Waals surface area contributed by atoms with Crippen LogP contribution in [0.25, 0.3) is 0 Å². The summed E-state index contributed by atoms with van der Waals surface area (Å²) >= 11 is 1.91. The van der Waals surface area contributed by atoms with E-state index in [0.717, 1.165) is 51.9 Å². The molecule has 1 atom stereocenters. The predicted molar refractivity (Wildman–Crippen MR) is 89.7 cm³/mol. The van der Waals surface area contributed by atoms with Crippen molar-refractivity contribution in [2.45, 2.75) is 57.1 Å². The maximum Gasteiger partial charge on any atom is 0.410 e. The fourth-order valence-corrected chi connectivity index (χ4v) is 5.30. The standard InChI is InChI=1S/C17H25N3O2S/c1-19-12-17(22-16(19)21)7-4-9-20(10-8-17)11-15-18-13-5-2-3-6-14(13)23-15/h2-12H2,1H3/t17-/m0/s1. The number of carbonyl (C=O) groups excluding carboxylic acids is 1. The summed E-state index contributed by atoms with van der Waals surface area (Å²) in [4.78, 5) is 22.3. The minimum Gasteiger partial charge on any atom is -0.441 e. The van der Waals surface area contributed by atoms with Crippen LogP contribution in [0.2, 0.25) is 0 Å². The van der Waals surface area contributed by atoms with Gasteiger partial charge in [-0.1, -0.05) is 0 Å². The van der Waals surface area contributed by atoms with Gasteiger partial charge in [0.15, 0.2) is 0 Å². The van der Waals surface area contributed by atoms with Crippen LogP contribution in [0.5, 0.6) is 0 Å². The van der Waals surface area contributed by atoms with Crippen LogP contribution in [0.3, 0.4) is 0 Å². The summed E-state index contributed by atoms with van der Waals surface area (Å²) in [6, 6.07) is 0. The van der Waals surface area contributed by atoms with Crippen molar-refractivity contribution in [1.29, 1.82) is 0 Å². The fourth-order valence-electron chi connectivity index (χ4n) is 4.10. The summed E-state index contributed by atoms with van der Waals surface area (Å²) in [5.41, 5.74) is 1.11. The highest BCUT2D eigenvalue weighted by atomic mass is 32.1. The van der Waals surface area contributed by atoms with E-state index in [2.05, 4.69) is 4.90 Å². The lowest BCUT2D eigenvalue weighted by Gasteiger charge is -2.25. The van der Waals surface area contributed by atoms with Crippen LogP contribution in [0, 0.1) is 0 Å². The van der Waals surface area contributed by atoms with Crippen LogP contribution >= 0.6 is 11.3 Å². The first kappa shape index (κ1) is 15.4. The Morgan fingerprint density at radius 2 is 2.09 bits per heavy atom. The lowest BCUT2D eigenvalue weighted by Crippen LogP contribution is -2.35. The highest BCUT2D eigenvalue weighted by molar-refractivity contribution is 7.11. The van der Waals surface area contributed by atoms with Gasteiger partial charge in [-0.05, 0) is 45.1 Å². The number of aryl methyl sites for hydroxylation is 2. The lowest BCUT2D eigenvalue weighted by molar-refractivity contribution is 0.0443. The van der Waals surface area contributed by atoms with E-state index in [1.54, 1.807) is 4.90 Å². The van der Waals surface area contributed by atoms with Crippen molar-refractivity contribution in [3.05, 3.63) is 15.6 Å². The molecule has 0 N–H and O–H groups in total. The van der Waals surface area contributed by atoms with Gasteiger partial charge in [-0.2, -0.15) is 0 Å². The Balaban J connectivity index is 1.39. The highest BCUT2D eigenvalue weighted by Gasteiger charge is 2.44. The van der Waals surface area contributed by atoms with E-state index in [9.17, 15) is 4.79 Å². The largest absolute Gasteiger partial charge is 0.441 e. The minimum absolute atomic E-state index is 0.161. The number of nitrogens with zero attached hydrogens (tertiary/aromatic N) is 3. The van der Waals surface area contributed by atoms with Gasteiger partial charge in [0.25, 0.3) is 0 Å². The Kier molecular flexibility index (Phi) is 4.05. The third kappa shape index (κ3) is 3.11. The first-order valence-corrected chi connectivity index (χ1v) is 9.59. The molecule has 2 aliphatic heterocycles. The quantitative estimate of drug-likeness (QED) is 0.834. The Hall–Kier alpha value is -1.14. The van der Waals surface area contributed by atoms with Crippen LogP contribution < -0.4 is 0 Å². The molecule has 2 fully saturated rings. The zero-order valence-corrected chi connectivity index (χ0v) is 14.7. The smallest absolute Gasteiger partial charge is 0.410 e. The average molecular weight is 335 g/mol. The Bertz CT molecular complexity index is 579. The predicted octanol–water partition coefficient (Wildman–Crippen LogP) is 2.83. The monoisotopic (exact) mass is 335 g/mol. The van der Waals surface area contributed by atoms with Gasteiger partial charge in [0.2, 0.25) is 0 Å². The summed E-state index contributed by atoms with van der Waals surface area (Å²) in [5, 5.41) is 1.27. The normalized spacial score (nSPS) is 28.7. The van der Waals surface area contributed by atoms with Crippen LogP contribution in [0.15, 0.2) is 0 Å². The van der Waals surface area contributed by atoms with Crippen molar-refractivity contribution in [2.24, 2.45) is 0 Å². The number of fused-ring (bicyclic) bond motifs is 1. The molecule has 23 heavy (non-hydrogen) atoms. The number of aromatic nitrogens is 1. The first-order chi connectivity index (χ1) is 11.1. The van der Waals surface area contributed by atoms with E-state index >= 15 is 0 Å². The van der Waals surface area contributed by atoms with Gasteiger partial charge < -0.3 is 9.64 Å². The second kappa shape index (κ2) is 6.06. The van der Waals surface area contributed by atoms with Crippen molar-refractivity contribution < 1.29 is 9.53 Å². The van der Waals surface area contributed by atoms with E-state index < -0.39 is 0 Å². The molecule has 0 radical (unpaired) electrons. The third-order valence-corrected chi connectivity index (χ3v) is 6.52. The third-order valence-electron chi connectivity index (χ3n) is 5.38. The Labute approximate surface area is 141 Å². The number of hydrogen-bond donors (Lipinski definition) is 0. The molecule has 3 heterocycles. The number of rotatable bonds is 2. The summed E-state index contributed by atoms with van der Waals surface area (Å²) in [6.45, 7) is 3.77. The average Bonchev–Trinajstić information content (AvgIpc) is 2.99. The zero-order valence-electron chi connectivity index (χ0n) is 13.8. The second-order valence-electron chi connectivity index (χ2n) is 7.22. The Morgan fingerprint density at radius 3 is 2.87 bits per heavy atom. The highest BCUT2D eigenvalue weighted by Crippen LogP contribution is 2.33. The topological polar surface area (TPSA) is 45.7 Å². The molecule has 1 aliphatic carbocycles. The van der Waals surface area contributed by atoms with E-state index in [1.807, 2.05) is 18.4 Å². The summed E-state index contributed by atoms with van der Waals surface area (Å²) in [6.07, 6.45) is 7.84. The summed E-state index contributed by atoms with van der Waals surface area (Å²) in [5.74, 6) is 0. The molecule has 0 unspecified atom stereocenters. The van der Waals surface area contributed by atoms with Gasteiger partial charge in [0.1, 0.15) is 10.6 Å². The molecule has 2 saturated heterocycles. The number of carbonyl (C=O) groups is 1. The van der Waals surface area contributed by atoms with Gasteiger partial charge in [-0.25, -0.2) is 9.78 Å². The molecule has 0 aromatic carbocycles. The molecule has 1 aromatic rings. The van der Waals surface area contributed by atoms with Gasteiger partial charge in [0.05, 0.1) is 18.8 Å². The summed E-state index contributed by atoms with van der Waals surface area (Å²) < 4.78 is 5.69. The zero-order chi connectivity index (χ0) is 15.9. The van der Waals surface area contributed by atoms with Crippen molar-refractivity contribution in [3.63, 3.8) is 0 Å². The van der Waals surface area contributed by atoms with Gasteiger partial charge in [-0.3, -0.25) is 4.90 Å². The van der Waals surface area contributed by atoms with Crippen molar-refractivity contribution in [2.75, 3.05) is 26.7 Å². The number of thiazole rings is 1. The summed E-state index contributed by atoms with van der Waals surface area (Å²) in [7, 11) is 1.83. The van der Waals surface area contributed by atoms with Crippen LogP contribution in [0.4, 0.5) is 4.79 Å². The molecule has 0 saturated carbocycles. The molecule has 126 valence electrons. The van der Waals surface area contributed by atoms with Crippen LogP contribution in [-0.2, 0) is 24.1 Å². The van der Waals surface area contributed by atoms with Gasteiger partial charge in [-0.15, -0.1) is 11.3 Å². The van der Waals surface area contributed by atoms with E-state index in [4.69, 9.17) is 9.72 Å². The molecule has 1 spiro atoms. The molecule has 3 aliphatic rings. The molecule has 4 rings (SSSR count). The lowest BCUT2D eigenvalue weighted by atomic mass is 9.95.